The average Bonchev–Trinajstić information content (AvgIpc) is 2.97. The number of rotatable bonds is 6. The molecular weight excluding hydrogens is 288 g/mol. The van der Waals surface area contributed by atoms with Gasteiger partial charge in [-0.2, -0.15) is 0 Å². The van der Waals surface area contributed by atoms with E-state index in [1.165, 1.54) is 0 Å². The fourth-order valence-corrected chi connectivity index (χ4v) is 2.36. The van der Waals surface area contributed by atoms with E-state index in [-0.39, 0.29) is 0 Å². The van der Waals surface area contributed by atoms with E-state index in [9.17, 15) is 0 Å². The summed E-state index contributed by atoms with van der Waals surface area (Å²) in [6.45, 7) is 3.11. The second-order valence-corrected chi connectivity index (χ2v) is 5.20. The van der Waals surface area contributed by atoms with Crippen molar-refractivity contribution in [2.45, 2.75) is 26.3 Å². The molecule has 2 heterocycles. The van der Waals surface area contributed by atoms with E-state index in [1.54, 1.807) is 4.68 Å². The molecule has 0 unspecified atom stereocenters. The number of anilines is 1. The van der Waals surface area contributed by atoms with E-state index in [0.29, 0.717) is 24.4 Å². The van der Waals surface area contributed by atoms with E-state index in [4.69, 9.17) is 6.42 Å². The molecule has 0 aliphatic carbocycles. The predicted octanol–water partition coefficient (Wildman–Crippen LogP) is 2.27. The molecule has 0 radical (unpaired) electrons. The van der Waals surface area contributed by atoms with E-state index in [1.807, 2.05) is 18.2 Å². The van der Waals surface area contributed by atoms with Gasteiger partial charge in [-0.1, -0.05) is 48.4 Å². The number of hydrogen-bond donors (Lipinski definition) is 1. The summed E-state index contributed by atoms with van der Waals surface area (Å²) < 4.78 is 1.80. The highest BCUT2D eigenvalue weighted by Crippen LogP contribution is 2.19. The predicted molar refractivity (Wildman–Crippen MR) is 90.0 cm³/mol. The normalized spacial score (nSPS) is 10.6. The summed E-state index contributed by atoms with van der Waals surface area (Å²) in [5.74, 6) is 3.98. The summed E-state index contributed by atoms with van der Waals surface area (Å²) in [6, 6.07) is 10.1. The van der Waals surface area contributed by atoms with Crippen molar-refractivity contribution in [2.75, 3.05) is 11.9 Å². The third-order valence-electron chi connectivity index (χ3n) is 3.42. The largest absolute Gasteiger partial charge is 0.357 e. The lowest BCUT2D eigenvalue weighted by molar-refractivity contribution is 0.662. The third kappa shape index (κ3) is 3.29. The molecule has 3 rings (SSSR count). The lowest BCUT2D eigenvalue weighted by atomic mass is 10.2. The van der Waals surface area contributed by atoms with Gasteiger partial charge in [-0.05, 0) is 12.0 Å². The molecule has 0 amide bonds. The van der Waals surface area contributed by atoms with Gasteiger partial charge in [0.05, 0.1) is 13.1 Å². The number of aryl methyl sites for hydroxylation is 1. The van der Waals surface area contributed by atoms with Gasteiger partial charge in [0, 0.05) is 6.42 Å². The van der Waals surface area contributed by atoms with Crippen LogP contribution in [-0.4, -0.2) is 31.5 Å². The third-order valence-corrected chi connectivity index (χ3v) is 3.42. The molecule has 3 aromatic rings. The smallest absolute Gasteiger partial charge is 0.184 e. The number of hydrogen-bond acceptors (Lipinski definition) is 5. The first kappa shape index (κ1) is 15.0. The second-order valence-electron chi connectivity index (χ2n) is 5.20. The van der Waals surface area contributed by atoms with E-state index < -0.39 is 0 Å². The SMILES string of the molecule is C#CCNc1nc(CCC)nc2c1nnn2Cc1ccccc1. The van der Waals surface area contributed by atoms with Crippen LogP contribution in [0.25, 0.3) is 11.2 Å². The highest BCUT2D eigenvalue weighted by atomic mass is 15.4. The maximum atomic E-state index is 5.33. The van der Waals surface area contributed by atoms with Crippen LogP contribution in [0.15, 0.2) is 30.3 Å². The molecule has 0 atom stereocenters. The number of aromatic nitrogens is 5. The van der Waals surface area contributed by atoms with Crippen LogP contribution in [0, 0.1) is 12.3 Å². The van der Waals surface area contributed by atoms with Gasteiger partial charge in [0.15, 0.2) is 17.0 Å². The fourth-order valence-electron chi connectivity index (χ4n) is 2.36. The monoisotopic (exact) mass is 306 g/mol. The maximum absolute atomic E-state index is 5.33. The Morgan fingerprint density at radius 1 is 1.22 bits per heavy atom. The van der Waals surface area contributed by atoms with E-state index in [2.05, 4.69) is 50.6 Å². The minimum absolute atomic E-state index is 0.392. The summed E-state index contributed by atoms with van der Waals surface area (Å²) in [5, 5.41) is 11.6. The molecule has 2 aromatic heterocycles. The molecule has 0 aliphatic heterocycles. The van der Waals surface area contributed by atoms with Crippen molar-refractivity contribution in [3.05, 3.63) is 41.7 Å². The van der Waals surface area contributed by atoms with Crippen molar-refractivity contribution in [2.24, 2.45) is 0 Å². The molecule has 116 valence electrons. The zero-order valence-electron chi connectivity index (χ0n) is 13.0. The molecule has 0 bridgehead atoms. The molecule has 0 spiro atoms. The van der Waals surface area contributed by atoms with Crippen LogP contribution in [0.1, 0.15) is 24.7 Å². The molecule has 6 heteroatoms. The van der Waals surface area contributed by atoms with Crippen LogP contribution >= 0.6 is 0 Å². The van der Waals surface area contributed by atoms with Gasteiger partial charge in [0.1, 0.15) is 5.82 Å². The molecule has 0 saturated carbocycles. The number of benzene rings is 1. The average molecular weight is 306 g/mol. The van der Waals surface area contributed by atoms with E-state index >= 15 is 0 Å². The van der Waals surface area contributed by atoms with E-state index in [0.717, 1.165) is 29.9 Å². The molecular formula is C17H18N6. The van der Waals surface area contributed by atoms with Crippen LogP contribution in [-0.2, 0) is 13.0 Å². The number of terminal acetylenes is 1. The first-order valence-electron chi connectivity index (χ1n) is 7.63. The lowest BCUT2D eigenvalue weighted by Gasteiger charge is -2.06. The Morgan fingerprint density at radius 2 is 2.04 bits per heavy atom. The van der Waals surface area contributed by atoms with Gasteiger partial charge in [-0.15, -0.1) is 11.5 Å². The summed E-state index contributed by atoms with van der Waals surface area (Å²) >= 11 is 0. The fraction of sp³-hybridized carbons (Fsp3) is 0.294. The minimum atomic E-state index is 0.392. The highest BCUT2D eigenvalue weighted by molar-refractivity contribution is 5.82. The van der Waals surface area contributed by atoms with Crippen molar-refractivity contribution < 1.29 is 0 Å². The summed E-state index contributed by atoms with van der Waals surface area (Å²) in [5.41, 5.74) is 2.52. The highest BCUT2D eigenvalue weighted by Gasteiger charge is 2.14. The van der Waals surface area contributed by atoms with Gasteiger partial charge in [0.2, 0.25) is 0 Å². The summed E-state index contributed by atoms with van der Waals surface area (Å²) in [6.07, 6.45) is 7.10. The Hall–Kier alpha value is -2.94. The minimum Gasteiger partial charge on any atom is -0.357 e. The molecule has 1 N–H and O–H groups in total. The van der Waals surface area contributed by atoms with Gasteiger partial charge in [-0.3, -0.25) is 0 Å². The lowest BCUT2D eigenvalue weighted by Crippen LogP contribution is -2.08. The standard InChI is InChI=1S/C17H18N6/c1-3-8-14-19-16(18-11-4-2)15-17(20-14)23(22-21-15)12-13-9-6-5-7-10-13/h2,5-7,9-10H,3,8,11-12H2,1H3,(H,18,19,20). The van der Waals surface area contributed by atoms with Crippen molar-refractivity contribution >= 4 is 17.0 Å². The second kappa shape index (κ2) is 6.88. The first-order valence-corrected chi connectivity index (χ1v) is 7.63. The van der Waals surface area contributed by atoms with Crippen molar-refractivity contribution in [3.63, 3.8) is 0 Å². The zero-order valence-corrected chi connectivity index (χ0v) is 13.0. The number of nitrogens with one attached hydrogen (secondary N) is 1. The number of nitrogens with zero attached hydrogens (tertiary/aromatic N) is 5. The Morgan fingerprint density at radius 3 is 2.78 bits per heavy atom. The van der Waals surface area contributed by atoms with Crippen molar-refractivity contribution in [3.8, 4) is 12.3 Å². The van der Waals surface area contributed by atoms with Gasteiger partial charge < -0.3 is 5.32 Å². The summed E-state index contributed by atoms with van der Waals surface area (Å²) in [7, 11) is 0. The molecule has 0 aliphatic rings. The Bertz CT molecular complexity index is 831. The van der Waals surface area contributed by atoms with Crippen LogP contribution in [0.3, 0.4) is 0 Å². The summed E-state index contributed by atoms with van der Waals surface area (Å²) in [4.78, 5) is 9.14. The molecule has 1 aromatic carbocycles. The molecule has 0 fully saturated rings. The first-order chi connectivity index (χ1) is 11.3. The van der Waals surface area contributed by atoms with Crippen LogP contribution < -0.4 is 5.32 Å². The maximum Gasteiger partial charge on any atom is 0.184 e. The zero-order chi connectivity index (χ0) is 16.1. The van der Waals surface area contributed by atoms with Crippen LogP contribution in [0.5, 0.6) is 0 Å². The van der Waals surface area contributed by atoms with Gasteiger partial charge in [-0.25, -0.2) is 14.6 Å². The van der Waals surface area contributed by atoms with Crippen LogP contribution in [0.2, 0.25) is 0 Å². The topological polar surface area (TPSA) is 68.5 Å². The molecule has 6 nitrogen and oxygen atoms in total. The quantitative estimate of drug-likeness (QED) is 0.708. The molecule has 23 heavy (non-hydrogen) atoms. The van der Waals surface area contributed by atoms with Crippen LogP contribution in [0.4, 0.5) is 5.82 Å². The van der Waals surface area contributed by atoms with Crippen molar-refractivity contribution in [1.29, 1.82) is 0 Å². The Balaban J connectivity index is 2.02. The van der Waals surface area contributed by atoms with Gasteiger partial charge >= 0.3 is 0 Å². The Labute approximate surface area is 135 Å². The molecule has 0 saturated heterocycles. The Kier molecular flexibility index (Phi) is 4.48. The number of fused-ring (bicyclic) bond motifs is 1. The van der Waals surface area contributed by atoms with Crippen molar-refractivity contribution in [1.82, 2.24) is 25.0 Å². The van der Waals surface area contributed by atoms with Gasteiger partial charge in [0.25, 0.3) is 0 Å².